The number of ketones is 2. The van der Waals surface area contributed by atoms with E-state index < -0.39 is 214 Å². The fourth-order valence-electron chi connectivity index (χ4n) is 19.2. The number of benzene rings is 4. The van der Waals surface area contributed by atoms with Gasteiger partial charge in [-0.15, -0.1) is 0 Å². The van der Waals surface area contributed by atoms with E-state index in [1.165, 1.54) is 131 Å². The second-order valence-electron chi connectivity index (χ2n) is 38.3. The summed E-state index contributed by atoms with van der Waals surface area (Å²) >= 11 is 3.01. The number of fused-ring (bicyclic) bond motifs is 4. The van der Waals surface area contributed by atoms with Gasteiger partial charge in [0.1, 0.15) is 94.7 Å². The summed E-state index contributed by atoms with van der Waals surface area (Å²) in [7, 11) is 10.4. The van der Waals surface area contributed by atoms with E-state index in [-0.39, 0.29) is 98.9 Å². The largest absolute Gasteiger partial charge is 0.505 e. The molecule has 0 aliphatic carbocycles. The predicted octanol–water partition coefficient (Wildman–Crippen LogP) is 3.87. The molecular formula is C102H130N18O20S2. The summed E-state index contributed by atoms with van der Waals surface area (Å²) in [5.41, 5.74) is -1.10. The van der Waals surface area contributed by atoms with Crippen molar-refractivity contribution < 1.29 is 96.4 Å². The third-order valence-corrected chi connectivity index (χ3v) is 30.6. The Labute approximate surface area is 834 Å². The first-order chi connectivity index (χ1) is 67.8. The minimum absolute atomic E-state index is 0.0359. The number of carbonyl (C=O) groups excluding carboxylic acids is 16. The van der Waals surface area contributed by atoms with Crippen LogP contribution in [0.15, 0.2) is 146 Å². The molecule has 8 N–H and O–H groups in total. The van der Waals surface area contributed by atoms with E-state index in [1.807, 2.05) is 86.5 Å². The lowest BCUT2D eigenvalue weighted by Gasteiger charge is -2.42. The molecule has 7 aliphatic rings. The lowest BCUT2D eigenvalue weighted by molar-refractivity contribution is -0.158. The molecule has 7 saturated heterocycles. The number of nitrogens with one attached hydrogen (secondary N) is 6. The van der Waals surface area contributed by atoms with Gasteiger partial charge in [-0.1, -0.05) is 98.8 Å². The average molecular weight is 1990 g/mol. The van der Waals surface area contributed by atoms with Gasteiger partial charge in [0, 0.05) is 192 Å². The highest BCUT2D eigenvalue weighted by molar-refractivity contribution is 7.99. The Morgan fingerprint density at radius 3 is 1.16 bits per heavy atom. The minimum Gasteiger partial charge on any atom is -0.505 e. The minimum atomic E-state index is -1.79. The SMILES string of the molecule is CCC1(C)NC(=O)[C@@H](NC(=O)c2ncccc2O)[C@@H](C)OC(=O)[C@H](c2ccccc2)NC(=O)[C@@H]2CC(=O)C(CSCCN3CCN(CCSCC4CN5C(=O)[C@H](Cc6ccc(N(C)C)cc6)N(C)C(=O)[C@@H]6CCCN6C(=O)C(C)(CC)NC(=O)[C@@H](NC(=O)c6ncccc6O)[C@@H](C)OC(=O)[C@H](c6ccccc6)NC(=O)[C@@H]5CC4=O)CC3)CN2C(=O)[C@H](Cc2ccc(N(C)C)cc2)N(C)C(=O)[C@@H]2CCCN2C1=O. The maximum atomic E-state index is 16.2. The zero-order valence-corrected chi connectivity index (χ0v) is 84.0. The number of ether oxygens (including phenoxy) is 2. The fraction of sp³-hybridized carbons (Fsp3) is 0.510. The highest BCUT2D eigenvalue weighted by Gasteiger charge is 2.53. The summed E-state index contributed by atoms with van der Waals surface area (Å²) in [5.74, 6) is -13.8. The van der Waals surface area contributed by atoms with Gasteiger partial charge in [0.05, 0.1) is 0 Å². The summed E-state index contributed by atoms with van der Waals surface area (Å²) < 4.78 is 12.2. The number of carbonyl (C=O) groups is 16. The summed E-state index contributed by atoms with van der Waals surface area (Å²) in [6.07, 6.45) is -0.825. The molecule has 0 bridgehead atoms. The molecule has 7 fully saturated rings. The Morgan fingerprint density at radius 2 is 0.824 bits per heavy atom. The van der Waals surface area contributed by atoms with Crippen molar-refractivity contribution in [2.45, 2.75) is 189 Å². The quantitative estimate of drug-likeness (QED) is 0.0315. The third-order valence-electron chi connectivity index (χ3n) is 28.4. The predicted molar refractivity (Wildman–Crippen MR) is 530 cm³/mol. The van der Waals surface area contributed by atoms with Crippen LogP contribution in [-0.2, 0) is 89.4 Å². The Bertz CT molecular complexity index is 5290. The van der Waals surface area contributed by atoms with Crippen LogP contribution in [0.4, 0.5) is 11.4 Å². The van der Waals surface area contributed by atoms with Gasteiger partial charge in [0.2, 0.25) is 59.1 Å². The number of piperazine rings is 1. The fourth-order valence-corrected chi connectivity index (χ4v) is 21.5. The van der Waals surface area contributed by atoms with E-state index >= 15 is 47.9 Å². The third kappa shape index (κ3) is 24.8. The van der Waals surface area contributed by atoms with Crippen molar-refractivity contribution in [3.05, 3.63) is 179 Å². The van der Waals surface area contributed by atoms with Crippen molar-refractivity contribution >= 4 is 129 Å². The molecular weight excluding hydrogens is 1860 g/mol. The highest BCUT2D eigenvalue weighted by atomic mass is 32.2. The summed E-state index contributed by atoms with van der Waals surface area (Å²) in [4.78, 5) is 267. The summed E-state index contributed by atoms with van der Waals surface area (Å²) in [5, 5.41) is 37.7. The number of rotatable bonds is 24. The number of aromatic hydroxyl groups is 2. The van der Waals surface area contributed by atoms with Crippen molar-refractivity contribution in [3.8, 4) is 11.5 Å². The van der Waals surface area contributed by atoms with E-state index in [4.69, 9.17) is 9.47 Å². The Morgan fingerprint density at radius 1 is 0.465 bits per heavy atom. The van der Waals surface area contributed by atoms with Gasteiger partial charge in [0.15, 0.2) is 23.5 Å². The van der Waals surface area contributed by atoms with Gasteiger partial charge in [-0.05, 0) is 137 Å². The number of aromatic nitrogens is 2. The number of esters is 2. The number of pyridine rings is 2. The maximum Gasteiger partial charge on any atom is 0.333 e. The maximum absolute atomic E-state index is 16.2. The number of anilines is 2. The number of Topliss-reactive ketones (excluding diaryl/α,β-unsaturated/α-hetero) is 2. The molecule has 13 rings (SSSR count). The molecule has 12 amide bonds. The standard InChI is InChI=1S/C102H130N18O20S2/c1-13-101(5)99(137)117-43-23-29-71(117)93(131)113(11)75(53-63-33-37-69(38-34-63)111(7)8)95(133)119-57-67(79(123)55-73(119)87(125)107-83(65-25-17-15-18-26-65)97(135)139-61(3)81(91(129)109-101)105-89(127)85-77(121)31-21-41-103-85)59-141-51-49-115-45-47-116(48-46-115)50-52-142-60-68-58-120-74(56-80(68)124)88(126)108-84(66-27-19-16-20-28-66)98(136)140-62(4)82(106-90(128)86-78(122)32-22-42-104-86)92(130)110-102(6,14-2)100(138)118-44-24-30-72(118)94(132)114(12)76(96(120)134)54-64-35-39-70(40-36-64)112(9)10/h15-22,25-28,31-42,61-62,67-68,71-76,81-84,121-122H,13-14,23-24,29-30,43-60H2,1-12H3,(H,105,127)(H,106,128)(H,107,125)(H,108,126)(H,109,129)(H,110,130)/t61-,62-,67?,68?,71+,72+,73+,74+,75+,76+,81+,82+,83+,84+,101?,102?/m1/s1. The van der Waals surface area contributed by atoms with Crippen LogP contribution in [0.25, 0.3) is 0 Å². The normalized spacial score (nSPS) is 27.1. The van der Waals surface area contributed by atoms with E-state index in [1.54, 1.807) is 74.5 Å². The molecule has 9 heterocycles. The van der Waals surface area contributed by atoms with Gasteiger partial charge in [-0.25, -0.2) is 19.6 Å². The van der Waals surface area contributed by atoms with Crippen LogP contribution in [0.1, 0.15) is 148 Å². The topological polar surface area (TPSA) is 462 Å². The molecule has 4 aromatic carbocycles. The van der Waals surface area contributed by atoms with Crippen LogP contribution < -0.4 is 41.7 Å². The van der Waals surface area contributed by atoms with Gasteiger partial charge >= 0.3 is 11.9 Å². The van der Waals surface area contributed by atoms with E-state index in [0.717, 1.165) is 11.4 Å². The van der Waals surface area contributed by atoms with Gasteiger partial charge in [-0.2, -0.15) is 23.5 Å². The molecule has 16 atom stereocenters. The molecule has 0 radical (unpaired) electrons. The molecule has 7 aliphatic heterocycles. The first-order valence-electron chi connectivity index (χ1n) is 48.4. The first-order valence-corrected chi connectivity index (χ1v) is 50.7. The van der Waals surface area contributed by atoms with Crippen molar-refractivity contribution in [2.24, 2.45) is 11.8 Å². The van der Waals surface area contributed by atoms with Crippen LogP contribution in [0.5, 0.6) is 11.5 Å². The number of nitrogens with zero attached hydrogens (tertiary/aromatic N) is 12. The van der Waals surface area contributed by atoms with Crippen LogP contribution in [0, 0.1) is 11.8 Å². The second kappa shape index (κ2) is 47.2. The van der Waals surface area contributed by atoms with Crippen LogP contribution in [-0.4, -0.2) is 356 Å². The molecule has 760 valence electrons. The lowest BCUT2D eigenvalue weighted by atomic mass is 9.90. The van der Waals surface area contributed by atoms with E-state index in [2.05, 4.69) is 51.7 Å². The van der Waals surface area contributed by atoms with Gasteiger partial charge in [-0.3, -0.25) is 76.9 Å². The smallest absolute Gasteiger partial charge is 0.333 e. The number of hydrogen-bond donors (Lipinski definition) is 8. The Hall–Kier alpha value is -13.1. The number of amides is 12. The zero-order chi connectivity index (χ0) is 102. The molecule has 142 heavy (non-hydrogen) atoms. The molecule has 6 aromatic rings. The van der Waals surface area contributed by atoms with Crippen molar-refractivity contribution in [2.75, 3.05) is 141 Å². The Balaban J connectivity index is 0.705. The number of likely N-dealkylation sites (N-methyl/N-ethyl adjacent to an activating group) is 2. The highest BCUT2D eigenvalue weighted by Crippen LogP contribution is 2.36. The first kappa shape index (κ1) is 106. The number of hydrogen-bond acceptors (Lipinski definition) is 28. The van der Waals surface area contributed by atoms with Gasteiger partial charge < -0.3 is 90.8 Å². The molecule has 4 unspecified atom stereocenters. The molecule has 38 nitrogen and oxygen atoms in total. The van der Waals surface area contributed by atoms with Crippen molar-refractivity contribution in [1.29, 1.82) is 0 Å². The molecule has 2 aromatic heterocycles. The van der Waals surface area contributed by atoms with E-state index in [9.17, 15) is 39.0 Å². The zero-order valence-electron chi connectivity index (χ0n) is 82.3. The monoisotopic (exact) mass is 1990 g/mol. The second-order valence-corrected chi connectivity index (χ2v) is 40.6. The lowest BCUT2D eigenvalue weighted by Crippen LogP contribution is -2.65. The molecule has 0 spiro atoms. The average Bonchev–Trinajstić information content (AvgIpc) is 1.72. The molecule has 0 saturated carbocycles. The number of piperidine rings is 2. The van der Waals surface area contributed by atoms with Crippen molar-refractivity contribution in [1.82, 2.24) is 81.1 Å². The Kier molecular flexibility index (Phi) is 35.3. The summed E-state index contributed by atoms with van der Waals surface area (Å²) in [6, 6.07) is 20.9. The van der Waals surface area contributed by atoms with Crippen LogP contribution in [0.3, 0.4) is 0 Å². The van der Waals surface area contributed by atoms with Gasteiger partial charge in [0.25, 0.3) is 11.8 Å². The number of thioether (sulfide) groups is 2. The molecule has 40 heteroatoms. The summed E-state index contributed by atoms with van der Waals surface area (Å²) in [6.45, 7) is 12.4. The van der Waals surface area contributed by atoms with E-state index in [0.29, 0.717) is 74.7 Å². The van der Waals surface area contributed by atoms with Crippen LogP contribution >= 0.6 is 23.5 Å². The number of cyclic esters (lactones) is 2. The van der Waals surface area contributed by atoms with Crippen LogP contribution in [0.2, 0.25) is 0 Å². The van der Waals surface area contributed by atoms with Crippen molar-refractivity contribution in [3.63, 3.8) is 0 Å².